The number of hydrogen-bond acceptors (Lipinski definition) is 6. The SMILES string of the molecule is O=[N+]([O-])c1cccc2scc(S(=O)(=O)[O-])c12. The Kier molecular flexibility index (Phi) is 2.41. The summed E-state index contributed by atoms with van der Waals surface area (Å²) in [6.45, 7) is 0. The van der Waals surface area contributed by atoms with Crippen LogP contribution in [0.15, 0.2) is 28.5 Å². The molecule has 84 valence electrons. The zero-order chi connectivity index (χ0) is 11.9. The van der Waals surface area contributed by atoms with Crippen molar-refractivity contribution < 1.29 is 17.9 Å². The summed E-state index contributed by atoms with van der Waals surface area (Å²) < 4.78 is 33.1. The largest absolute Gasteiger partial charge is 0.744 e. The lowest BCUT2D eigenvalue weighted by Gasteiger charge is -2.04. The van der Waals surface area contributed by atoms with Crippen LogP contribution in [0, 0.1) is 10.1 Å². The third-order valence-electron chi connectivity index (χ3n) is 2.01. The molecule has 0 unspecified atom stereocenters. The van der Waals surface area contributed by atoms with Crippen LogP contribution in [0.5, 0.6) is 0 Å². The third-order valence-corrected chi connectivity index (χ3v) is 3.97. The second-order valence-electron chi connectivity index (χ2n) is 2.96. The van der Waals surface area contributed by atoms with E-state index < -0.39 is 19.9 Å². The lowest BCUT2D eigenvalue weighted by atomic mass is 10.2. The molecule has 2 rings (SSSR count). The van der Waals surface area contributed by atoms with Crippen LogP contribution >= 0.6 is 11.3 Å². The van der Waals surface area contributed by atoms with E-state index >= 15 is 0 Å². The summed E-state index contributed by atoms with van der Waals surface area (Å²) in [5.74, 6) is 0. The maximum atomic E-state index is 10.9. The topological polar surface area (TPSA) is 100 Å². The molecular formula is C8H4NO5S2-. The fourth-order valence-electron chi connectivity index (χ4n) is 1.38. The van der Waals surface area contributed by atoms with Gasteiger partial charge in [-0.1, -0.05) is 6.07 Å². The molecular weight excluding hydrogens is 254 g/mol. The minimum Gasteiger partial charge on any atom is -0.744 e. The number of fused-ring (bicyclic) bond motifs is 1. The smallest absolute Gasteiger partial charge is 0.279 e. The van der Waals surface area contributed by atoms with E-state index in [-0.39, 0.29) is 11.1 Å². The normalized spacial score (nSPS) is 11.8. The monoisotopic (exact) mass is 258 g/mol. The average Bonchev–Trinajstić information content (AvgIpc) is 2.59. The first kappa shape index (κ1) is 11.0. The van der Waals surface area contributed by atoms with Gasteiger partial charge in [-0.2, -0.15) is 0 Å². The zero-order valence-corrected chi connectivity index (χ0v) is 9.25. The third kappa shape index (κ3) is 1.66. The maximum absolute atomic E-state index is 10.9. The van der Waals surface area contributed by atoms with Crippen molar-refractivity contribution in [3.8, 4) is 0 Å². The quantitative estimate of drug-likeness (QED) is 0.463. The first-order valence-corrected chi connectivity index (χ1v) is 6.30. The Balaban J connectivity index is 2.94. The first-order chi connectivity index (χ1) is 7.41. The number of non-ortho nitro benzene ring substituents is 1. The highest BCUT2D eigenvalue weighted by Gasteiger charge is 2.19. The highest BCUT2D eigenvalue weighted by molar-refractivity contribution is 7.86. The van der Waals surface area contributed by atoms with E-state index in [0.717, 1.165) is 16.7 Å². The fraction of sp³-hybridized carbons (Fsp3) is 0. The molecule has 0 radical (unpaired) electrons. The van der Waals surface area contributed by atoms with Crippen LogP contribution in [0.1, 0.15) is 0 Å². The van der Waals surface area contributed by atoms with Crippen molar-refractivity contribution >= 4 is 37.2 Å². The highest BCUT2D eigenvalue weighted by atomic mass is 32.2. The molecule has 16 heavy (non-hydrogen) atoms. The van der Waals surface area contributed by atoms with E-state index in [0.29, 0.717) is 4.70 Å². The Labute approximate surface area is 94.0 Å². The molecule has 1 aromatic heterocycles. The molecule has 2 aromatic rings. The Morgan fingerprint density at radius 2 is 2.00 bits per heavy atom. The van der Waals surface area contributed by atoms with Crippen molar-refractivity contribution in [3.05, 3.63) is 33.7 Å². The molecule has 0 spiro atoms. The molecule has 0 bridgehead atoms. The summed E-state index contributed by atoms with van der Waals surface area (Å²) in [7, 11) is -4.69. The van der Waals surface area contributed by atoms with Gasteiger partial charge in [-0.15, -0.1) is 11.3 Å². The fourth-order valence-corrected chi connectivity index (χ4v) is 3.36. The van der Waals surface area contributed by atoms with Crippen LogP contribution in [0.4, 0.5) is 5.69 Å². The van der Waals surface area contributed by atoms with Gasteiger partial charge in [-0.25, -0.2) is 8.42 Å². The Hall–Kier alpha value is -1.51. The maximum Gasteiger partial charge on any atom is 0.279 e. The van der Waals surface area contributed by atoms with Crippen molar-refractivity contribution in [2.24, 2.45) is 0 Å². The molecule has 1 aromatic carbocycles. The van der Waals surface area contributed by atoms with Gasteiger partial charge in [0, 0.05) is 16.1 Å². The molecule has 0 atom stereocenters. The number of nitrogens with zero attached hydrogens (tertiary/aromatic N) is 1. The molecule has 8 heteroatoms. The molecule has 0 saturated heterocycles. The lowest BCUT2D eigenvalue weighted by molar-refractivity contribution is -0.383. The lowest BCUT2D eigenvalue weighted by Crippen LogP contribution is -1.98. The van der Waals surface area contributed by atoms with Crippen LogP contribution < -0.4 is 0 Å². The molecule has 1 heterocycles. The van der Waals surface area contributed by atoms with Crippen LogP contribution in [-0.4, -0.2) is 17.9 Å². The molecule has 0 amide bonds. The van der Waals surface area contributed by atoms with Gasteiger partial charge in [0.25, 0.3) is 5.69 Å². The molecule has 0 aliphatic heterocycles. The van der Waals surface area contributed by atoms with E-state index in [1.165, 1.54) is 18.2 Å². The number of rotatable bonds is 2. The Morgan fingerprint density at radius 1 is 1.31 bits per heavy atom. The van der Waals surface area contributed by atoms with Crippen LogP contribution in [0.2, 0.25) is 0 Å². The van der Waals surface area contributed by atoms with Crippen LogP contribution in [-0.2, 0) is 10.1 Å². The number of hydrogen-bond donors (Lipinski definition) is 0. The minimum absolute atomic E-state index is 0.104. The molecule has 0 fully saturated rings. The van der Waals surface area contributed by atoms with Crippen molar-refractivity contribution in [2.75, 3.05) is 0 Å². The minimum atomic E-state index is -4.69. The Morgan fingerprint density at radius 3 is 2.56 bits per heavy atom. The van der Waals surface area contributed by atoms with Crippen molar-refractivity contribution in [3.63, 3.8) is 0 Å². The zero-order valence-electron chi connectivity index (χ0n) is 7.61. The van der Waals surface area contributed by atoms with Gasteiger partial charge in [0.05, 0.1) is 15.2 Å². The van der Waals surface area contributed by atoms with Gasteiger partial charge in [0.1, 0.15) is 10.1 Å². The van der Waals surface area contributed by atoms with Crippen molar-refractivity contribution in [2.45, 2.75) is 4.90 Å². The molecule has 0 saturated carbocycles. The standard InChI is InChI=1S/C8H5NO5S2/c10-9(11)5-2-1-3-6-8(5)7(4-15-6)16(12,13)14/h1-4H,(H,12,13,14)/p-1. The van der Waals surface area contributed by atoms with Gasteiger partial charge < -0.3 is 4.55 Å². The van der Waals surface area contributed by atoms with E-state index in [4.69, 9.17) is 0 Å². The number of benzene rings is 1. The van der Waals surface area contributed by atoms with Gasteiger partial charge >= 0.3 is 0 Å². The molecule has 0 aliphatic carbocycles. The van der Waals surface area contributed by atoms with Crippen molar-refractivity contribution in [1.29, 1.82) is 0 Å². The van der Waals surface area contributed by atoms with Gasteiger partial charge in [0.2, 0.25) is 0 Å². The summed E-state index contributed by atoms with van der Waals surface area (Å²) >= 11 is 0.989. The average molecular weight is 258 g/mol. The second kappa shape index (κ2) is 3.51. The highest BCUT2D eigenvalue weighted by Crippen LogP contribution is 2.35. The summed E-state index contributed by atoms with van der Waals surface area (Å²) in [6.07, 6.45) is 0. The summed E-state index contributed by atoms with van der Waals surface area (Å²) in [5, 5.41) is 11.7. The number of nitro groups is 1. The van der Waals surface area contributed by atoms with Crippen LogP contribution in [0.25, 0.3) is 10.1 Å². The molecule has 0 aliphatic rings. The van der Waals surface area contributed by atoms with Gasteiger partial charge in [0.15, 0.2) is 0 Å². The van der Waals surface area contributed by atoms with E-state index in [9.17, 15) is 23.1 Å². The first-order valence-electron chi connectivity index (χ1n) is 4.02. The predicted octanol–water partition coefficient (Wildman–Crippen LogP) is 1.71. The number of nitro benzene ring substituents is 1. The number of thiophene rings is 1. The summed E-state index contributed by atoms with van der Waals surface area (Å²) in [6, 6.07) is 4.14. The predicted molar refractivity (Wildman–Crippen MR) is 56.4 cm³/mol. The molecule has 0 N–H and O–H groups in total. The van der Waals surface area contributed by atoms with Gasteiger partial charge in [-0.3, -0.25) is 10.1 Å². The second-order valence-corrected chi connectivity index (χ2v) is 5.22. The Bertz CT molecular complexity index is 673. The van der Waals surface area contributed by atoms with E-state index in [1.54, 1.807) is 0 Å². The molecule has 6 nitrogen and oxygen atoms in total. The van der Waals surface area contributed by atoms with Crippen LogP contribution in [0.3, 0.4) is 0 Å². The van der Waals surface area contributed by atoms with E-state index in [1.807, 2.05) is 0 Å². The summed E-state index contributed by atoms with van der Waals surface area (Å²) in [4.78, 5) is 9.47. The summed E-state index contributed by atoms with van der Waals surface area (Å²) in [5.41, 5.74) is -0.367. The van der Waals surface area contributed by atoms with Crippen molar-refractivity contribution in [1.82, 2.24) is 0 Å². The van der Waals surface area contributed by atoms with Gasteiger partial charge in [-0.05, 0) is 6.07 Å². The van der Waals surface area contributed by atoms with E-state index in [2.05, 4.69) is 0 Å².